The molecular formula is C16H13ClN2O3. The van der Waals surface area contributed by atoms with Crippen molar-refractivity contribution in [1.29, 1.82) is 0 Å². The number of nitro groups is 1. The predicted octanol–water partition coefficient (Wildman–Crippen LogP) is 3.86. The van der Waals surface area contributed by atoms with Crippen LogP contribution in [0.25, 0.3) is 0 Å². The van der Waals surface area contributed by atoms with E-state index in [1.807, 2.05) is 19.1 Å². The first-order valence-electron chi connectivity index (χ1n) is 6.52. The summed E-state index contributed by atoms with van der Waals surface area (Å²) >= 11 is 5.95. The average molecular weight is 317 g/mol. The standard InChI is InChI=1S/C16H13ClN2O3/c1-11-2-4-12(5-3-11)16(20)14-10-13(17)6-7-15(14)18-8-9-19(21)22/h2-8,10H,9H2,1H3. The van der Waals surface area contributed by atoms with Gasteiger partial charge in [0.15, 0.2) is 5.78 Å². The Morgan fingerprint density at radius 3 is 2.59 bits per heavy atom. The highest BCUT2D eigenvalue weighted by atomic mass is 35.5. The molecule has 0 amide bonds. The predicted molar refractivity (Wildman–Crippen MR) is 86.1 cm³/mol. The smallest absolute Gasteiger partial charge is 0.238 e. The van der Waals surface area contributed by atoms with Gasteiger partial charge in [-0.05, 0) is 25.1 Å². The molecule has 2 aromatic carbocycles. The van der Waals surface area contributed by atoms with Gasteiger partial charge in [0.1, 0.15) is 0 Å². The molecule has 0 saturated carbocycles. The number of rotatable bonds is 5. The van der Waals surface area contributed by atoms with Crippen molar-refractivity contribution in [3.05, 3.63) is 74.3 Å². The monoisotopic (exact) mass is 316 g/mol. The molecule has 0 aliphatic carbocycles. The zero-order valence-electron chi connectivity index (χ0n) is 11.8. The lowest BCUT2D eigenvalue weighted by Gasteiger charge is -2.06. The topological polar surface area (TPSA) is 72.6 Å². The second kappa shape index (κ2) is 6.95. The minimum atomic E-state index is -0.499. The average Bonchev–Trinajstić information content (AvgIpc) is 2.48. The van der Waals surface area contributed by atoms with Gasteiger partial charge in [-0.3, -0.25) is 19.9 Å². The number of halogens is 1. The lowest BCUT2D eigenvalue weighted by Crippen LogP contribution is -2.03. The Balaban J connectivity index is 2.38. The lowest BCUT2D eigenvalue weighted by atomic mass is 10.0. The molecule has 22 heavy (non-hydrogen) atoms. The summed E-state index contributed by atoms with van der Waals surface area (Å²) in [5, 5.41) is 10.7. The van der Waals surface area contributed by atoms with Gasteiger partial charge in [0.2, 0.25) is 6.54 Å². The van der Waals surface area contributed by atoms with Crippen LogP contribution in [0.15, 0.2) is 47.5 Å². The fourth-order valence-electron chi connectivity index (χ4n) is 1.87. The summed E-state index contributed by atoms with van der Waals surface area (Å²) in [6, 6.07) is 11.8. The molecule has 5 nitrogen and oxygen atoms in total. The third-order valence-corrected chi connectivity index (χ3v) is 3.21. The summed E-state index contributed by atoms with van der Waals surface area (Å²) in [5.41, 5.74) is 2.23. The summed E-state index contributed by atoms with van der Waals surface area (Å²) in [6.45, 7) is 1.53. The van der Waals surface area contributed by atoms with Crippen LogP contribution >= 0.6 is 11.6 Å². The Labute approximate surface area is 132 Å². The molecule has 0 radical (unpaired) electrons. The summed E-state index contributed by atoms with van der Waals surface area (Å²) in [6.07, 6.45) is 1.16. The quantitative estimate of drug-likeness (QED) is 0.364. The second-order valence-electron chi connectivity index (χ2n) is 4.68. The van der Waals surface area contributed by atoms with Gasteiger partial charge in [0, 0.05) is 21.1 Å². The van der Waals surface area contributed by atoms with Crippen LogP contribution in [0.1, 0.15) is 21.5 Å². The van der Waals surface area contributed by atoms with E-state index in [4.69, 9.17) is 11.6 Å². The van der Waals surface area contributed by atoms with Crippen LogP contribution in [0.4, 0.5) is 5.69 Å². The van der Waals surface area contributed by atoms with Gasteiger partial charge in [-0.15, -0.1) is 0 Å². The molecule has 0 fully saturated rings. The highest BCUT2D eigenvalue weighted by molar-refractivity contribution is 6.31. The first kappa shape index (κ1) is 15.9. The molecule has 0 aliphatic heterocycles. The van der Waals surface area contributed by atoms with Crippen LogP contribution in [-0.2, 0) is 0 Å². The number of carbonyl (C=O) groups excluding carboxylic acids is 1. The maximum Gasteiger partial charge on any atom is 0.238 e. The van der Waals surface area contributed by atoms with Crippen LogP contribution < -0.4 is 0 Å². The molecule has 0 atom stereocenters. The van der Waals surface area contributed by atoms with E-state index in [0.29, 0.717) is 21.8 Å². The number of hydrogen-bond acceptors (Lipinski definition) is 4. The molecule has 2 aromatic rings. The van der Waals surface area contributed by atoms with Crippen molar-refractivity contribution in [3.63, 3.8) is 0 Å². The summed E-state index contributed by atoms with van der Waals surface area (Å²) in [5.74, 6) is -0.226. The van der Waals surface area contributed by atoms with Gasteiger partial charge in [-0.25, -0.2) is 0 Å². The highest BCUT2D eigenvalue weighted by Crippen LogP contribution is 2.25. The van der Waals surface area contributed by atoms with Crippen LogP contribution in [-0.4, -0.2) is 23.5 Å². The van der Waals surface area contributed by atoms with Crippen molar-refractivity contribution >= 4 is 29.3 Å². The molecule has 0 aromatic heterocycles. The largest absolute Gasteiger partial charge is 0.289 e. The van der Waals surface area contributed by atoms with Gasteiger partial charge in [0.05, 0.1) is 11.9 Å². The number of aliphatic imine (C=N–C) groups is 1. The molecule has 0 unspecified atom stereocenters. The Kier molecular flexibility index (Phi) is 5.01. The zero-order valence-corrected chi connectivity index (χ0v) is 12.6. The van der Waals surface area contributed by atoms with Crippen molar-refractivity contribution in [3.8, 4) is 0 Å². The van der Waals surface area contributed by atoms with E-state index in [2.05, 4.69) is 4.99 Å². The normalized spacial score (nSPS) is 10.8. The maximum absolute atomic E-state index is 12.6. The molecule has 0 heterocycles. The number of benzene rings is 2. The maximum atomic E-state index is 12.6. The van der Waals surface area contributed by atoms with Crippen LogP contribution in [0.3, 0.4) is 0 Å². The van der Waals surface area contributed by atoms with Gasteiger partial charge in [-0.2, -0.15) is 0 Å². The first-order chi connectivity index (χ1) is 10.5. The van der Waals surface area contributed by atoms with Crippen LogP contribution in [0, 0.1) is 17.0 Å². The fraction of sp³-hybridized carbons (Fsp3) is 0.125. The summed E-state index contributed by atoms with van der Waals surface area (Å²) in [7, 11) is 0. The molecule has 0 saturated heterocycles. The van der Waals surface area contributed by atoms with Crippen molar-refractivity contribution in [2.75, 3.05) is 6.54 Å². The van der Waals surface area contributed by atoms with Crippen molar-refractivity contribution in [1.82, 2.24) is 0 Å². The lowest BCUT2D eigenvalue weighted by molar-refractivity contribution is -0.462. The number of nitrogens with zero attached hydrogens (tertiary/aromatic N) is 2. The van der Waals surface area contributed by atoms with E-state index in [-0.39, 0.29) is 5.78 Å². The second-order valence-corrected chi connectivity index (χ2v) is 5.12. The SMILES string of the molecule is Cc1ccc(C(=O)c2cc(Cl)ccc2N=CC[N+](=O)[O-])cc1. The first-order valence-corrected chi connectivity index (χ1v) is 6.90. The van der Waals surface area contributed by atoms with E-state index in [9.17, 15) is 14.9 Å². The third-order valence-electron chi connectivity index (χ3n) is 2.98. The van der Waals surface area contributed by atoms with Crippen LogP contribution in [0.5, 0.6) is 0 Å². The van der Waals surface area contributed by atoms with Gasteiger partial charge < -0.3 is 0 Å². The number of carbonyl (C=O) groups is 1. The summed E-state index contributed by atoms with van der Waals surface area (Å²) in [4.78, 5) is 26.4. The molecular weight excluding hydrogens is 304 g/mol. The molecule has 2 rings (SSSR count). The number of ketones is 1. The molecule has 0 bridgehead atoms. The molecule has 112 valence electrons. The van der Waals surface area contributed by atoms with Gasteiger partial charge in [0.25, 0.3) is 0 Å². The van der Waals surface area contributed by atoms with Crippen molar-refractivity contribution in [2.45, 2.75) is 6.92 Å². The van der Waals surface area contributed by atoms with E-state index in [1.54, 1.807) is 24.3 Å². The fourth-order valence-corrected chi connectivity index (χ4v) is 2.04. The van der Waals surface area contributed by atoms with Crippen molar-refractivity contribution < 1.29 is 9.72 Å². The van der Waals surface area contributed by atoms with Gasteiger partial charge >= 0.3 is 0 Å². The molecule has 6 heteroatoms. The third kappa shape index (κ3) is 3.99. The highest BCUT2D eigenvalue weighted by Gasteiger charge is 2.14. The Hall–Kier alpha value is -2.53. The number of aryl methyl sites for hydroxylation is 1. The van der Waals surface area contributed by atoms with Gasteiger partial charge in [-0.1, -0.05) is 41.4 Å². The Morgan fingerprint density at radius 1 is 1.27 bits per heavy atom. The Bertz CT molecular complexity index is 740. The molecule has 0 aliphatic rings. The minimum Gasteiger partial charge on any atom is -0.289 e. The van der Waals surface area contributed by atoms with Crippen LogP contribution in [0.2, 0.25) is 5.02 Å². The Morgan fingerprint density at radius 2 is 1.95 bits per heavy atom. The van der Waals surface area contributed by atoms with E-state index in [1.165, 1.54) is 6.07 Å². The van der Waals surface area contributed by atoms with E-state index in [0.717, 1.165) is 11.8 Å². The van der Waals surface area contributed by atoms with Crippen molar-refractivity contribution in [2.24, 2.45) is 4.99 Å². The summed E-state index contributed by atoms with van der Waals surface area (Å²) < 4.78 is 0. The molecule has 0 spiro atoms. The van der Waals surface area contributed by atoms with E-state index >= 15 is 0 Å². The molecule has 0 N–H and O–H groups in total. The van der Waals surface area contributed by atoms with E-state index < -0.39 is 11.5 Å². The number of hydrogen-bond donors (Lipinski definition) is 0. The minimum absolute atomic E-state index is 0.226. The zero-order chi connectivity index (χ0) is 16.1.